The predicted octanol–water partition coefficient (Wildman–Crippen LogP) is 3.93. The van der Waals surface area contributed by atoms with Crippen LogP contribution in [0, 0.1) is 18.6 Å². The largest absolute Gasteiger partial charge is 0.483 e. The summed E-state index contributed by atoms with van der Waals surface area (Å²) in [5.41, 5.74) is 5.85. The Balaban J connectivity index is 0.000000758. The number of nitrogens with two attached hydrogens (primary N) is 1. The molecule has 1 aromatic carbocycles. The van der Waals surface area contributed by atoms with Crippen molar-refractivity contribution in [1.29, 1.82) is 0 Å². The lowest BCUT2D eigenvalue weighted by molar-refractivity contribution is 0.0991. The van der Waals surface area contributed by atoms with Crippen molar-refractivity contribution in [2.75, 3.05) is 6.67 Å². The molecule has 26 heavy (non-hydrogen) atoms. The lowest BCUT2D eigenvalue weighted by Gasteiger charge is -2.08. The second-order valence-corrected chi connectivity index (χ2v) is 6.16. The Morgan fingerprint density at radius 3 is 2.69 bits per heavy atom. The van der Waals surface area contributed by atoms with E-state index in [0.29, 0.717) is 5.01 Å². The third kappa shape index (κ3) is 4.48. The van der Waals surface area contributed by atoms with Crippen molar-refractivity contribution in [2.24, 2.45) is 5.73 Å². The number of pyridine rings is 1. The molecular formula is C17H16F3N3O2S. The standard InChI is InChI=1S/C15H11F2N3O2S.C2H5F/c1-7-4-9-15(19-5-7)23-11(20-9)6-22-10-3-2-8(16)12(13(10)17)14(18)21;1-2-3/h2-5H,6H2,1H3,(H2,18,21);2H2,1H3. The molecule has 138 valence electrons. The molecular weight excluding hydrogens is 367 g/mol. The number of carbonyl (C=O) groups is 1. The summed E-state index contributed by atoms with van der Waals surface area (Å²) in [5.74, 6) is -3.59. The number of nitrogens with zero attached hydrogens (tertiary/aromatic N) is 2. The first-order chi connectivity index (χ1) is 12.4. The molecule has 0 saturated carbocycles. The molecule has 0 saturated heterocycles. The molecule has 2 aromatic heterocycles. The lowest BCUT2D eigenvalue weighted by atomic mass is 10.2. The maximum absolute atomic E-state index is 14.0. The van der Waals surface area contributed by atoms with Gasteiger partial charge in [-0.05, 0) is 37.6 Å². The van der Waals surface area contributed by atoms with Gasteiger partial charge in [-0.2, -0.15) is 0 Å². The molecule has 1 amide bonds. The van der Waals surface area contributed by atoms with Crippen molar-refractivity contribution in [3.8, 4) is 5.75 Å². The van der Waals surface area contributed by atoms with Crippen LogP contribution in [0.2, 0.25) is 0 Å². The third-order valence-electron chi connectivity index (χ3n) is 3.08. The maximum Gasteiger partial charge on any atom is 0.254 e. The van der Waals surface area contributed by atoms with Gasteiger partial charge >= 0.3 is 0 Å². The van der Waals surface area contributed by atoms with Gasteiger partial charge in [-0.3, -0.25) is 9.18 Å². The topological polar surface area (TPSA) is 78.1 Å². The van der Waals surface area contributed by atoms with E-state index in [1.165, 1.54) is 18.3 Å². The summed E-state index contributed by atoms with van der Waals surface area (Å²) in [6.45, 7) is 3.09. The molecule has 0 aliphatic rings. The summed E-state index contributed by atoms with van der Waals surface area (Å²) in [7, 11) is 0. The number of benzene rings is 1. The Morgan fingerprint density at radius 1 is 1.35 bits per heavy atom. The number of aromatic nitrogens is 2. The van der Waals surface area contributed by atoms with Crippen LogP contribution in [-0.4, -0.2) is 22.5 Å². The van der Waals surface area contributed by atoms with Gasteiger partial charge in [-0.25, -0.2) is 18.7 Å². The van der Waals surface area contributed by atoms with E-state index in [4.69, 9.17) is 10.5 Å². The van der Waals surface area contributed by atoms with Crippen LogP contribution < -0.4 is 10.5 Å². The maximum atomic E-state index is 14.0. The van der Waals surface area contributed by atoms with E-state index in [1.54, 1.807) is 6.20 Å². The molecule has 5 nitrogen and oxygen atoms in total. The highest BCUT2D eigenvalue weighted by molar-refractivity contribution is 7.18. The first-order valence-electron chi connectivity index (χ1n) is 7.56. The van der Waals surface area contributed by atoms with Crippen LogP contribution in [0.3, 0.4) is 0 Å². The summed E-state index contributed by atoms with van der Waals surface area (Å²) >= 11 is 1.31. The summed E-state index contributed by atoms with van der Waals surface area (Å²) in [4.78, 5) is 20.4. The Bertz CT molecular complexity index is 931. The van der Waals surface area contributed by atoms with Gasteiger partial charge in [0.05, 0.1) is 6.67 Å². The number of ether oxygens (including phenoxy) is 1. The molecule has 0 spiro atoms. The monoisotopic (exact) mass is 383 g/mol. The van der Waals surface area contributed by atoms with Crippen LogP contribution in [0.4, 0.5) is 13.2 Å². The number of halogens is 3. The van der Waals surface area contributed by atoms with Crippen LogP contribution in [0.15, 0.2) is 24.4 Å². The molecule has 3 rings (SSSR count). The molecule has 9 heteroatoms. The Hall–Kier alpha value is -2.68. The van der Waals surface area contributed by atoms with E-state index in [2.05, 4.69) is 9.97 Å². The molecule has 0 aliphatic carbocycles. The number of aryl methyl sites for hydroxylation is 1. The van der Waals surface area contributed by atoms with Gasteiger partial charge in [-0.15, -0.1) is 0 Å². The van der Waals surface area contributed by atoms with Gasteiger partial charge < -0.3 is 10.5 Å². The van der Waals surface area contributed by atoms with Crippen LogP contribution >= 0.6 is 11.3 Å². The van der Waals surface area contributed by atoms with E-state index < -0.39 is 23.1 Å². The molecule has 0 aliphatic heterocycles. The first kappa shape index (κ1) is 19.6. The number of amides is 1. The average Bonchev–Trinajstić information content (AvgIpc) is 2.96. The summed E-state index contributed by atoms with van der Waals surface area (Å²) in [5, 5.41) is 0.586. The molecule has 0 bridgehead atoms. The van der Waals surface area contributed by atoms with Crippen molar-refractivity contribution < 1.29 is 22.7 Å². The van der Waals surface area contributed by atoms with Gasteiger partial charge in [-0.1, -0.05) is 11.3 Å². The minimum absolute atomic E-state index is 0.0270. The quantitative estimate of drug-likeness (QED) is 0.740. The molecule has 0 unspecified atom stereocenters. The van der Waals surface area contributed by atoms with Crippen LogP contribution in [0.5, 0.6) is 5.75 Å². The zero-order valence-electron chi connectivity index (χ0n) is 14.1. The summed E-state index contributed by atoms with van der Waals surface area (Å²) in [6, 6.07) is 3.92. The molecule has 2 heterocycles. The molecule has 0 fully saturated rings. The third-order valence-corrected chi connectivity index (χ3v) is 4.03. The van der Waals surface area contributed by atoms with Gasteiger partial charge in [0.2, 0.25) is 0 Å². The zero-order chi connectivity index (χ0) is 19.3. The average molecular weight is 383 g/mol. The van der Waals surface area contributed by atoms with Crippen LogP contribution in [-0.2, 0) is 6.61 Å². The normalized spacial score (nSPS) is 10.3. The summed E-state index contributed by atoms with van der Waals surface area (Å²) in [6.07, 6.45) is 1.73. The van der Waals surface area contributed by atoms with E-state index >= 15 is 0 Å². The van der Waals surface area contributed by atoms with Gasteiger partial charge in [0.15, 0.2) is 11.6 Å². The van der Waals surface area contributed by atoms with Crippen LogP contribution in [0.1, 0.15) is 27.9 Å². The minimum Gasteiger partial charge on any atom is -0.483 e. The Morgan fingerprint density at radius 2 is 2.04 bits per heavy atom. The number of hydrogen-bond acceptors (Lipinski definition) is 5. The fourth-order valence-corrected chi connectivity index (χ4v) is 2.84. The van der Waals surface area contributed by atoms with E-state index in [1.807, 2.05) is 13.0 Å². The van der Waals surface area contributed by atoms with Gasteiger partial charge in [0, 0.05) is 6.20 Å². The fraction of sp³-hybridized carbons (Fsp3) is 0.235. The van der Waals surface area contributed by atoms with Gasteiger partial charge in [0.25, 0.3) is 5.91 Å². The number of alkyl halides is 1. The zero-order valence-corrected chi connectivity index (χ0v) is 14.9. The highest BCUT2D eigenvalue weighted by Crippen LogP contribution is 2.26. The van der Waals surface area contributed by atoms with E-state index in [-0.39, 0.29) is 19.0 Å². The Kier molecular flexibility index (Phi) is 6.51. The highest BCUT2D eigenvalue weighted by atomic mass is 32.1. The number of primary amides is 1. The number of carbonyl (C=O) groups excluding carboxylic acids is 1. The number of rotatable bonds is 4. The predicted molar refractivity (Wildman–Crippen MR) is 93.0 cm³/mol. The summed E-state index contributed by atoms with van der Waals surface area (Å²) < 4.78 is 43.0. The van der Waals surface area contributed by atoms with E-state index in [9.17, 15) is 18.0 Å². The minimum atomic E-state index is -1.19. The smallest absolute Gasteiger partial charge is 0.254 e. The fourth-order valence-electron chi connectivity index (χ4n) is 2.04. The van der Waals surface area contributed by atoms with E-state index in [0.717, 1.165) is 28.0 Å². The van der Waals surface area contributed by atoms with Crippen LogP contribution in [0.25, 0.3) is 10.3 Å². The molecule has 3 aromatic rings. The molecule has 0 radical (unpaired) electrons. The highest BCUT2D eigenvalue weighted by Gasteiger charge is 2.19. The van der Waals surface area contributed by atoms with Crippen molar-refractivity contribution in [1.82, 2.24) is 9.97 Å². The van der Waals surface area contributed by atoms with Crippen molar-refractivity contribution in [3.63, 3.8) is 0 Å². The van der Waals surface area contributed by atoms with Crippen molar-refractivity contribution >= 4 is 27.6 Å². The number of fused-ring (bicyclic) bond motifs is 1. The second kappa shape index (κ2) is 8.61. The molecule has 0 atom stereocenters. The number of hydrogen-bond donors (Lipinski definition) is 1. The van der Waals surface area contributed by atoms with Crippen molar-refractivity contribution in [2.45, 2.75) is 20.5 Å². The second-order valence-electron chi connectivity index (χ2n) is 5.10. The van der Waals surface area contributed by atoms with Gasteiger partial charge in [0.1, 0.15) is 33.3 Å². The number of thiazole rings is 1. The lowest BCUT2D eigenvalue weighted by Crippen LogP contribution is -2.16. The van der Waals surface area contributed by atoms with Crippen molar-refractivity contribution in [3.05, 3.63) is 52.2 Å². The Labute approximate surface area is 151 Å². The first-order valence-corrected chi connectivity index (χ1v) is 8.37. The molecule has 2 N–H and O–H groups in total. The SMILES string of the molecule is CCF.Cc1cnc2sc(COc3ccc(F)c(C(N)=O)c3F)nc2c1.